The molecule has 2 heterocycles. The van der Waals surface area contributed by atoms with Crippen LogP contribution in [0.2, 0.25) is 0 Å². The lowest BCUT2D eigenvalue weighted by Gasteiger charge is -1.97. The molecule has 118 valence electrons. The summed E-state index contributed by atoms with van der Waals surface area (Å²) in [5.41, 5.74) is 5.87. The second-order valence-electron chi connectivity index (χ2n) is 6.13. The van der Waals surface area contributed by atoms with Gasteiger partial charge < -0.3 is 4.98 Å². The number of aromatic nitrogens is 3. The largest absolute Gasteiger partial charge is 0.338 e. The third kappa shape index (κ3) is 3.67. The standard InChI is InChI=1S/C20H23N3/c1-4-5-10-23-11-8-17(9-12-23)6-7-20-21-18-13-15(2)16(3)14-19(18)22-20/h6-9,11-14H,4-5,10H2,1-3H3/p+1. The molecule has 0 saturated carbocycles. The molecule has 0 unspecified atom stereocenters. The van der Waals surface area contributed by atoms with E-state index < -0.39 is 0 Å². The maximum Gasteiger partial charge on any atom is 0.169 e. The van der Waals surface area contributed by atoms with Crippen LogP contribution in [0.15, 0.2) is 36.7 Å². The van der Waals surface area contributed by atoms with Gasteiger partial charge in [-0.3, -0.25) is 0 Å². The van der Waals surface area contributed by atoms with E-state index >= 15 is 0 Å². The van der Waals surface area contributed by atoms with Crippen LogP contribution in [0.3, 0.4) is 0 Å². The zero-order valence-corrected chi connectivity index (χ0v) is 14.1. The Morgan fingerprint density at radius 1 is 1.09 bits per heavy atom. The summed E-state index contributed by atoms with van der Waals surface area (Å²) in [6.07, 6.45) is 10.9. The molecule has 0 aliphatic rings. The van der Waals surface area contributed by atoms with Crippen molar-refractivity contribution >= 4 is 23.2 Å². The number of nitrogens with zero attached hydrogens (tertiary/aromatic N) is 2. The Labute approximate surface area is 137 Å². The molecule has 0 radical (unpaired) electrons. The molecule has 3 aromatic rings. The summed E-state index contributed by atoms with van der Waals surface area (Å²) in [6.45, 7) is 7.55. The molecular weight excluding hydrogens is 282 g/mol. The van der Waals surface area contributed by atoms with E-state index in [0.29, 0.717) is 0 Å². The third-order valence-corrected chi connectivity index (χ3v) is 4.24. The van der Waals surface area contributed by atoms with Crippen LogP contribution in [0.4, 0.5) is 0 Å². The zero-order chi connectivity index (χ0) is 16.2. The van der Waals surface area contributed by atoms with Gasteiger partial charge in [0.05, 0.1) is 11.0 Å². The van der Waals surface area contributed by atoms with Gasteiger partial charge in [0.1, 0.15) is 12.4 Å². The number of rotatable bonds is 5. The quantitative estimate of drug-likeness (QED) is 0.695. The van der Waals surface area contributed by atoms with Crippen LogP contribution >= 0.6 is 0 Å². The number of hydrogen-bond acceptors (Lipinski definition) is 1. The number of fused-ring (bicyclic) bond motifs is 1. The Kier molecular flexibility index (Phi) is 4.56. The van der Waals surface area contributed by atoms with Crippen LogP contribution in [0.1, 0.15) is 42.3 Å². The van der Waals surface area contributed by atoms with E-state index in [9.17, 15) is 0 Å². The van der Waals surface area contributed by atoms with Gasteiger partial charge in [-0.05, 0) is 48.7 Å². The topological polar surface area (TPSA) is 32.6 Å². The monoisotopic (exact) mass is 306 g/mol. The van der Waals surface area contributed by atoms with E-state index in [0.717, 1.165) is 23.4 Å². The van der Waals surface area contributed by atoms with Gasteiger partial charge in [0, 0.05) is 18.6 Å². The molecule has 3 nitrogen and oxygen atoms in total. The highest BCUT2D eigenvalue weighted by Gasteiger charge is 2.03. The summed E-state index contributed by atoms with van der Waals surface area (Å²) in [4.78, 5) is 8.01. The van der Waals surface area contributed by atoms with Gasteiger partial charge in [0.25, 0.3) is 0 Å². The number of aromatic amines is 1. The summed E-state index contributed by atoms with van der Waals surface area (Å²) in [7, 11) is 0. The zero-order valence-electron chi connectivity index (χ0n) is 14.1. The molecule has 3 heteroatoms. The Hall–Kier alpha value is -2.42. The summed E-state index contributed by atoms with van der Waals surface area (Å²) < 4.78 is 2.23. The first-order valence-electron chi connectivity index (χ1n) is 8.30. The molecule has 2 aromatic heterocycles. The van der Waals surface area contributed by atoms with Crippen molar-refractivity contribution in [3.8, 4) is 0 Å². The van der Waals surface area contributed by atoms with Crippen molar-refractivity contribution in [3.63, 3.8) is 0 Å². The maximum absolute atomic E-state index is 4.64. The highest BCUT2D eigenvalue weighted by atomic mass is 14.9. The van der Waals surface area contributed by atoms with Crippen LogP contribution in [0.5, 0.6) is 0 Å². The molecule has 0 amide bonds. The van der Waals surface area contributed by atoms with E-state index in [1.54, 1.807) is 0 Å². The molecule has 1 aromatic carbocycles. The fourth-order valence-electron chi connectivity index (χ4n) is 2.61. The van der Waals surface area contributed by atoms with Gasteiger partial charge in [-0.25, -0.2) is 9.55 Å². The molecule has 0 saturated heterocycles. The molecule has 0 fully saturated rings. The van der Waals surface area contributed by atoms with Gasteiger partial charge in [-0.15, -0.1) is 0 Å². The van der Waals surface area contributed by atoms with Gasteiger partial charge in [-0.2, -0.15) is 0 Å². The first kappa shape index (κ1) is 15.5. The van der Waals surface area contributed by atoms with Crippen molar-refractivity contribution in [3.05, 3.63) is 59.2 Å². The van der Waals surface area contributed by atoms with E-state index in [2.05, 4.69) is 78.0 Å². The minimum absolute atomic E-state index is 0.896. The Morgan fingerprint density at radius 3 is 2.57 bits per heavy atom. The van der Waals surface area contributed by atoms with Crippen molar-refractivity contribution in [1.29, 1.82) is 0 Å². The first-order chi connectivity index (χ1) is 11.2. The summed E-state index contributed by atoms with van der Waals surface area (Å²) in [6, 6.07) is 8.58. The van der Waals surface area contributed by atoms with Gasteiger partial charge in [0.15, 0.2) is 12.4 Å². The van der Waals surface area contributed by atoms with Crippen molar-refractivity contribution in [2.24, 2.45) is 0 Å². The van der Waals surface area contributed by atoms with Gasteiger partial charge in [0.2, 0.25) is 0 Å². The van der Waals surface area contributed by atoms with Crippen molar-refractivity contribution < 1.29 is 4.57 Å². The second kappa shape index (κ2) is 6.78. The molecular formula is C20H24N3+. The number of aryl methyl sites for hydroxylation is 3. The number of pyridine rings is 1. The van der Waals surface area contributed by atoms with Crippen LogP contribution < -0.4 is 4.57 Å². The van der Waals surface area contributed by atoms with Crippen LogP contribution in [0, 0.1) is 13.8 Å². The molecule has 0 atom stereocenters. The lowest BCUT2D eigenvalue weighted by molar-refractivity contribution is -0.697. The Balaban J connectivity index is 1.77. The minimum atomic E-state index is 0.896. The van der Waals surface area contributed by atoms with Crippen molar-refractivity contribution in [2.75, 3.05) is 0 Å². The predicted octanol–water partition coefficient (Wildman–Crippen LogP) is 4.44. The lowest BCUT2D eigenvalue weighted by atomic mass is 10.1. The molecule has 0 aliphatic carbocycles. The summed E-state index contributed by atoms with van der Waals surface area (Å²) in [5, 5.41) is 0. The third-order valence-electron chi connectivity index (χ3n) is 4.24. The fourth-order valence-corrected chi connectivity index (χ4v) is 2.61. The Bertz CT molecular complexity index is 787. The minimum Gasteiger partial charge on any atom is -0.338 e. The van der Waals surface area contributed by atoms with Crippen LogP contribution in [0.25, 0.3) is 23.2 Å². The molecule has 3 rings (SSSR count). The number of unbranched alkanes of at least 4 members (excludes halogenated alkanes) is 1. The van der Waals surface area contributed by atoms with Crippen LogP contribution in [-0.4, -0.2) is 9.97 Å². The van der Waals surface area contributed by atoms with E-state index in [4.69, 9.17) is 0 Å². The summed E-state index contributed by atoms with van der Waals surface area (Å²) >= 11 is 0. The van der Waals surface area contributed by atoms with E-state index in [1.807, 2.05) is 6.08 Å². The highest BCUT2D eigenvalue weighted by Crippen LogP contribution is 2.18. The molecule has 0 bridgehead atoms. The Morgan fingerprint density at radius 2 is 1.83 bits per heavy atom. The normalized spacial score (nSPS) is 11.6. The number of imidazole rings is 1. The molecule has 0 aliphatic heterocycles. The summed E-state index contributed by atoms with van der Waals surface area (Å²) in [5.74, 6) is 0.896. The van der Waals surface area contributed by atoms with Crippen molar-refractivity contribution in [2.45, 2.75) is 40.2 Å². The number of benzene rings is 1. The maximum atomic E-state index is 4.64. The molecule has 0 spiro atoms. The number of H-pyrrole nitrogens is 1. The number of nitrogens with one attached hydrogen (secondary N) is 1. The van der Waals surface area contributed by atoms with Gasteiger partial charge in [-0.1, -0.05) is 19.4 Å². The first-order valence-corrected chi connectivity index (χ1v) is 8.30. The smallest absolute Gasteiger partial charge is 0.169 e. The van der Waals surface area contributed by atoms with Crippen LogP contribution in [-0.2, 0) is 6.54 Å². The molecule has 23 heavy (non-hydrogen) atoms. The fraction of sp³-hybridized carbons (Fsp3) is 0.300. The predicted molar refractivity (Wildman–Crippen MR) is 96.0 cm³/mol. The average molecular weight is 306 g/mol. The number of hydrogen-bond donors (Lipinski definition) is 1. The van der Waals surface area contributed by atoms with Crippen molar-refractivity contribution in [1.82, 2.24) is 9.97 Å². The van der Waals surface area contributed by atoms with E-state index in [-0.39, 0.29) is 0 Å². The molecule has 1 N–H and O–H groups in total. The SMILES string of the molecule is CCCC[n+]1ccc(/C=C/c2nc3cc(C)c(C)cc3[nH]2)cc1. The lowest BCUT2D eigenvalue weighted by Crippen LogP contribution is -2.32. The van der Waals surface area contributed by atoms with E-state index in [1.165, 1.54) is 29.5 Å². The average Bonchev–Trinajstić information content (AvgIpc) is 2.94. The van der Waals surface area contributed by atoms with Gasteiger partial charge >= 0.3 is 0 Å². The second-order valence-corrected chi connectivity index (χ2v) is 6.13. The highest BCUT2D eigenvalue weighted by molar-refractivity contribution is 5.80.